The molecule has 1 heterocycles. The number of hydrogen-bond donors (Lipinski definition) is 6. The van der Waals surface area contributed by atoms with Gasteiger partial charge in [0, 0.05) is 38.0 Å². The monoisotopic (exact) mass is 423 g/mol. The van der Waals surface area contributed by atoms with Crippen LogP contribution in [0.4, 0.5) is 0 Å². The summed E-state index contributed by atoms with van der Waals surface area (Å²) in [5.41, 5.74) is 21.1. The normalized spacial score (nSPS) is 18.1. The smallest absolute Gasteiger partial charge is 0.106 e. The molecule has 1 aliphatic carbocycles. The van der Waals surface area contributed by atoms with Crippen molar-refractivity contribution in [3.8, 4) is 0 Å². The largest absolute Gasteiger partial charge is 0.397 e. The van der Waals surface area contributed by atoms with Gasteiger partial charge in [-0.15, -0.1) is 0 Å². The van der Waals surface area contributed by atoms with E-state index in [4.69, 9.17) is 27.0 Å². The van der Waals surface area contributed by atoms with Crippen molar-refractivity contribution < 1.29 is 9.84 Å². The van der Waals surface area contributed by atoms with E-state index >= 15 is 0 Å². The van der Waals surface area contributed by atoms with Crippen LogP contribution in [0.15, 0.2) is 46.8 Å². The highest BCUT2D eigenvalue weighted by molar-refractivity contribution is 5.49. The summed E-state index contributed by atoms with van der Waals surface area (Å²) in [4.78, 5) is 0. The van der Waals surface area contributed by atoms with Gasteiger partial charge >= 0.3 is 0 Å². The van der Waals surface area contributed by atoms with Crippen molar-refractivity contribution in [3.63, 3.8) is 0 Å². The van der Waals surface area contributed by atoms with Crippen LogP contribution in [0.5, 0.6) is 0 Å². The molecule has 0 amide bonds. The molecule has 0 radical (unpaired) electrons. The molecule has 0 fully saturated rings. The van der Waals surface area contributed by atoms with Gasteiger partial charge < -0.3 is 37.7 Å². The van der Waals surface area contributed by atoms with E-state index in [1.807, 2.05) is 6.92 Å². The fourth-order valence-electron chi connectivity index (χ4n) is 2.80. The second-order valence-electron chi connectivity index (χ2n) is 7.27. The predicted octanol–water partition coefficient (Wildman–Crippen LogP) is 2.00. The van der Waals surface area contributed by atoms with Gasteiger partial charge in [0.15, 0.2) is 0 Å². The lowest BCUT2D eigenvalue weighted by Crippen LogP contribution is -2.45. The molecule has 0 aromatic rings. The van der Waals surface area contributed by atoms with Gasteiger partial charge in [0.25, 0.3) is 0 Å². The first kappa shape index (κ1) is 28.4. The second kappa shape index (κ2) is 17.1. The summed E-state index contributed by atoms with van der Waals surface area (Å²) >= 11 is 0. The highest BCUT2D eigenvalue weighted by Gasteiger charge is 2.23. The molecule has 2 atom stereocenters. The third-order valence-corrected chi connectivity index (χ3v) is 4.47. The lowest BCUT2D eigenvalue weighted by atomic mass is 9.92. The Morgan fingerprint density at radius 3 is 2.33 bits per heavy atom. The second-order valence-corrected chi connectivity index (χ2v) is 7.27. The molecule has 30 heavy (non-hydrogen) atoms. The van der Waals surface area contributed by atoms with Crippen LogP contribution in [0.3, 0.4) is 0 Å². The van der Waals surface area contributed by atoms with Crippen LogP contribution in [0, 0.1) is 0 Å². The Kier molecular flexibility index (Phi) is 16.1. The van der Waals surface area contributed by atoms with Crippen LogP contribution in [-0.4, -0.2) is 49.7 Å². The standard InChI is InChI=1S/C16H27N5.C5H12O.C2H6O/c1-3-12(17)6-7-20-16-13(15(18)19)9-11-8-10(2)4-5-14(11)21-16;1-3-5-6-4-2;1-2-3/h4-5,8-9,12,14-15,20-21H,3,6-7,17-19H2,1-2H3;3-5H2,1-2H3;3H,2H2,1H3. The number of hydrogen-bond acceptors (Lipinski definition) is 7. The zero-order chi connectivity index (χ0) is 22.9. The van der Waals surface area contributed by atoms with Crippen molar-refractivity contribution in [1.29, 1.82) is 0 Å². The minimum Gasteiger partial charge on any atom is -0.397 e. The molecule has 7 nitrogen and oxygen atoms in total. The van der Waals surface area contributed by atoms with Crippen molar-refractivity contribution in [2.75, 3.05) is 26.4 Å². The first-order chi connectivity index (χ1) is 14.3. The Labute approximate surface area is 183 Å². The van der Waals surface area contributed by atoms with Crippen LogP contribution < -0.4 is 27.8 Å². The molecule has 0 aromatic heterocycles. The Morgan fingerprint density at radius 2 is 1.83 bits per heavy atom. The van der Waals surface area contributed by atoms with Crippen LogP contribution in [-0.2, 0) is 4.74 Å². The Balaban J connectivity index is 0.000000791. The molecule has 0 aromatic carbocycles. The summed E-state index contributed by atoms with van der Waals surface area (Å²) in [5, 5.41) is 14.4. The average molecular weight is 424 g/mol. The molecule has 2 unspecified atom stereocenters. The summed E-state index contributed by atoms with van der Waals surface area (Å²) in [5.74, 6) is 0.916. The summed E-state index contributed by atoms with van der Waals surface area (Å²) in [6.07, 6.45) is 11.0. The maximum absolute atomic E-state index is 7.57. The molecular formula is C23H45N5O2. The van der Waals surface area contributed by atoms with E-state index in [1.165, 1.54) is 11.1 Å². The Bertz CT molecular complexity index is 578. The lowest BCUT2D eigenvalue weighted by molar-refractivity contribution is 0.148. The number of nitrogens with one attached hydrogen (secondary N) is 2. The number of ether oxygens (including phenoxy) is 1. The number of aliphatic hydroxyl groups is 1. The lowest BCUT2D eigenvalue weighted by Gasteiger charge is -2.31. The van der Waals surface area contributed by atoms with Crippen molar-refractivity contribution in [1.82, 2.24) is 10.6 Å². The zero-order valence-corrected chi connectivity index (χ0v) is 19.6. The summed E-state index contributed by atoms with van der Waals surface area (Å²) in [7, 11) is 0. The molecule has 2 aliphatic rings. The molecule has 0 spiro atoms. The molecule has 1 aliphatic heterocycles. The molecule has 9 N–H and O–H groups in total. The average Bonchev–Trinajstić information content (AvgIpc) is 2.72. The summed E-state index contributed by atoms with van der Waals surface area (Å²) < 4.78 is 4.98. The van der Waals surface area contributed by atoms with Gasteiger partial charge in [-0.1, -0.05) is 37.6 Å². The van der Waals surface area contributed by atoms with Crippen molar-refractivity contribution in [2.24, 2.45) is 17.2 Å². The highest BCUT2D eigenvalue weighted by atomic mass is 16.5. The van der Waals surface area contributed by atoms with E-state index < -0.39 is 6.17 Å². The number of allylic oxidation sites excluding steroid dienone is 2. The number of rotatable bonds is 9. The van der Waals surface area contributed by atoms with Crippen molar-refractivity contribution in [2.45, 2.75) is 72.1 Å². The van der Waals surface area contributed by atoms with Crippen LogP contribution >= 0.6 is 0 Å². The quantitative estimate of drug-likeness (QED) is 0.247. The van der Waals surface area contributed by atoms with E-state index in [-0.39, 0.29) is 18.7 Å². The molecule has 0 saturated carbocycles. The summed E-state index contributed by atoms with van der Waals surface area (Å²) in [6, 6.07) is 0.404. The fraction of sp³-hybridized carbons (Fsp3) is 0.652. The van der Waals surface area contributed by atoms with Gasteiger partial charge in [-0.2, -0.15) is 0 Å². The molecular weight excluding hydrogens is 378 g/mol. The summed E-state index contributed by atoms with van der Waals surface area (Å²) in [6.45, 7) is 12.8. The topological polar surface area (TPSA) is 132 Å². The molecule has 0 saturated heterocycles. The first-order valence-corrected chi connectivity index (χ1v) is 11.1. The molecule has 174 valence electrons. The Hall–Kier alpha value is -1.64. The molecule has 2 rings (SSSR count). The van der Waals surface area contributed by atoms with Crippen molar-refractivity contribution >= 4 is 0 Å². The molecule has 7 heteroatoms. The van der Waals surface area contributed by atoms with E-state index in [2.05, 4.69) is 55.7 Å². The molecule has 0 bridgehead atoms. The van der Waals surface area contributed by atoms with Gasteiger partial charge in [0.2, 0.25) is 0 Å². The maximum atomic E-state index is 7.57. The van der Waals surface area contributed by atoms with E-state index in [1.54, 1.807) is 6.92 Å². The first-order valence-electron chi connectivity index (χ1n) is 11.1. The number of nitrogens with two attached hydrogens (primary N) is 3. The van der Waals surface area contributed by atoms with Gasteiger partial charge in [-0.25, -0.2) is 0 Å². The Morgan fingerprint density at radius 1 is 1.17 bits per heavy atom. The SMILES string of the molecule is CCC(N)CCNC1=C(C(N)N)C=C2C=C(C)C=CC2N1.CCCOCC.CCO. The third-order valence-electron chi connectivity index (χ3n) is 4.47. The van der Waals surface area contributed by atoms with Gasteiger partial charge in [0.05, 0.1) is 12.2 Å². The van der Waals surface area contributed by atoms with E-state index in [0.29, 0.717) is 0 Å². The van der Waals surface area contributed by atoms with E-state index in [9.17, 15) is 0 Å². The highest BCUT2D eigenvalue weighted by Crippen LogP contribution is 2.24. The number of fused-ring (bicyclic) bond motifs is 1. The minimum absolute atomic E-state index is 0.179. The van der Waals surface area contributed by atoms with Gasteiger partial charge in [-0.05, 0) is 51.7 Å². The van der Waals surface area contributed by atoms with Crippen LogP contribution in [0.25, 0.3) is 0 Å². The minimum atomic E-state index is -0.507. The zero-order valence-electron chi connectivity index (χ0n) is 19.6. The van der Waals surface area contributed by atoms with Gasteiger partial charge in [-0.3, -0.25) is 0 Å². The maximum Gasteiger partial charge on any atom is 0.106 e. The van der Waals surface area contributed by atoms with Crippen molar-refractivity contribution in [3.05, 3.63) is 46.8 Å². The van der Waals surface area contributed by atoms with Crippen LogP contribution in [0.1, 0.15) is 53.9 Å². The predicted molar refractivity (Wildman–Crippen MR) is 128 cm³/mol. The van der Waals surface area contributed by atoms with Gasteiger partial charge in [0.1, 0.15) is 5.82 Å². The van der Waals surface area contributed by atoms with Crippen LogP contribution in [0.2, 0.25) is 0 Å². The fourth-order valence-corrected chi connectivity index (χ4v) is 2.80. The third kappa shape index (κ3) is 11.5. The van der Waals surface area contributed by atoms with E-state index in [0.717, 1.165) is 50.4 Å². The number of dihydropyridines is 1. The number of aliphatic hydroxyl groups excluding tert-OH is 1.